The van der Waals surface area contributed by atoms with Crippen LogP contribution in [-0.4, -0.2) is 62.6 Å². The molecule has 40 heavy (non-hydrogen) atoms. The number of carbonyl (C=O) groups excluding carboxylic acids is 1. The highest BCUT2D eigenvalue weighted by molar-refractivity contribution is 8.21. The minimum absolute atomic E-state index is 0.0572. The van der Waals surface area contributed by atoms with Gasteiger partial charge < -0.3 is 14.7 Å². The number of thioether (sulfide) groups is 2. The number of hydrogen-bond donors (Lipinski definition) is 1. The molecule has 1 amide bonds. The minimum atomic E-state index is -0.0572. The zero-order valence-corrected chi connectivity index (χ0v) is 24.6. The third-order valence-electron chi connectivity index (χ3n) is 8.52. The van der Waals surface area contributed by atoms with Gasteiger partial charge in [-0.1, -0.05) is 36.4 Å². The van der Waals surface area contributed by atoms with Crippen molar-refractivity contribution in [1.82, 2.24) is 9.80 Å². The number of hydrogen-bond acceptors (Lipinski definition) is 6. The molecule has 3 aromatic rings. The molecule has 0 atom stereocenters. The largest absolute Gasteiger partial charge is 0.457 e. The molecule has 3 aliphatic rings. The van der Waals surface area contributed by atoms with E-state index in [1.807, 2.05) is 41.3 Å². The van der Waals surface area contributed by atoms with Crippen molar-refractivity contribution in [2.75, 3.05) is 37.7 Å². The number of benzene rings is 3. The molecule has 0 unspecified atom stereocenters. The van der Waals surface area contributed by atoms with E-state index in [2.05, 4.69) is 64.8 Å². The van der Waals surface area contributed by atoms with Crippen molar-refractivity contribution in [2.24, 2.45) is 0 Å². The summed E-state index contributed by atoms with van der Waals surface area (Å²) in [6.45, 7) is 4.08. The molecule has 0 radical (unpaired) electrons. The van der Waals surface area contributed by atoms with Crippen molar-refractivity contribution in [3.63, 3.8) is 0 Å². The summed E-state index contributed by atoms with van der Waals surface area (Å²) < 4.78 is 6.63. The van der Waals surface area contributed by atoms with E-state index in [0.717, 1.165) is 38.3 Å². The Labute approximate surface area is 246 Å². The van der Waals surface area contributed by atoms with Gasteiger partial charge in [-0.25, -0.2) is 0 Å². The molecule has 3 fully saturated rings. The average Bonchev–Trinajstić information content (AvgIpc) is 3.46. The Balaban J connectivity index is 1.03. The van der Waals surface area contributed by atoms with Crippen LogP contribution in [0.1, 0.15) is 58.6 Å². The van der Waals surface area contributed by atoms with Gasteiger partial charge in [0.05, 0.1) is 10.7 Å². The van der Waals surface area contributed by atoms with Gasteiger partial charge in [-0.15, -0.1) is 23.5 Å². The highest BCUT2D eigenvalue weighted by atomic mass is 32.2. The summed E-state index contributed by atoms with van der Waals surface area (Å²) in [5.41, 5.74) is 4.11. The average molecular weight is 575 g/mol. The SMILES string of the molecule is O=C(c1ccc(Oc2ccc(C3CCC4(CC3)SCCS4)cc2CO)cc1)N1CCN(Cc2ccccc2)CC1. The van der Waals surface area contributed by atoms with Gasteiger partial charge in [-0.2, -0.15) is 0 Å². The third-order valence-corrected chi connectivity index (χ3v) is 12.2. The molecule has 1 saturated carbocycles. The topological polar surface area (TPSA) is 53.0 Å². The first kappa shape index (κ1) is 27.7. The second-order valence-electron chi connectivity index (χ2n) is 11.1. The highest BCUT2D eigenvalue weighted by Gasteiger charge is 2.39. The van der Waals surface area contributed by atoms with Crippen molar-refractivity contribution < 1.29 is 14.6 Å². The second-order valence-corrected chi connectivity index (χ2v) is 14.3. The van der Waals surface area contributed by atoms with Gasteiger partial charge in [-0.3, -0.25) is 9.69 Å². The third kappa shape index (κ3) is 6.38. The number of piperazine rings is 1. The van der Waals surface area contributed by atoms with E-state index in [9.17, 15) is 9.90 Å². The Morgan fingerprint density at radius 1 is 0.900 bits per heavy atom. The van der Waals surface area contributed by atoms with Crippen LogP contribution in [-0.2, 0) is 13.2 Å². The van der Waals surface area contributed by atoms with Crippen molar-refractivity contribution >= 4 is 29.4 Å². The number of ether oxygens (including phenoxy) is 1. The molecule has 0 bridgehead atoms. The second kappa shape index (κ2) is 12.6. The van der Waals surface area contributed by atoms with E-state index >= 15 is 0 Å². The molecule has 3 aromatic carbocycles. The summed E-state index contributed by atoms with van der Waals surface area (Å²) in [4.78, 5) is 17.5. The van der Waals surface area contributed by atoms with Gasteiger partial charge in [0.25, 0.3) is 5.91 Å². The lowest BCUT2D eigenvalue weighted by Gasteiger charge is -2.36. The first-order valence-corrected chi connectivity index (χ1v) is 16.4. The van der Waals surface area contributed by atoms with Crippen LogP contribution in [0.2, 0.25) is 0 Å². The predicted molar refractivity (Wildman–Crippen MR) is 165 cm³/mol. The maximum absolute atomic E-state index is 13.1. The van der Waals surface area contributed by atoms with Gasteiger partial charge in [0.2, 0.25) is 0 Å². The molecule has 210 valence electrons. The maximum atomic E-state index is 13.1. The molecular formula is C33H38N2O3S2. The number of amides is 1. The summed E-state index contributed by atoms with van der Waals surface area (Å²) in [7, 11) is 0. The van der Waals surface area contributed by atoms with E-state index in [0.29, 0.717) is 27.1 Å². The molecule has 6 rings (SSSR count). The first-order valence-electron chi connectivity index (χ1n) is 14.5. The van der Waals surface area contributed by atoms with Gasteiger partial charge >= 0.3 is 0 Å². The maximum Gasteiger partial charge on any atom is 0.253 e. The highest BCUT2D eigenvalue weighted by Crippen LogP contribution is 2.55. The summed E-state index contributed by atoms with van der Waals surface area (Å²) in [6, 6.07) is 24.2. The molecule has 2 aliphatic heterocycles. The van der Waals surface area contributed by atoms with Crippen molar-refractivity contribution in [1.29, 1.82) is 0 Å². The Morgan fingerprint density at radius 2 is 1.60 bits per heavy atom. The van der Waals surface area contributed by atoms with Crippen molar-refractivity contribution in [2.45, 2.75) is 48.8 Å². The van der Waals surface area contributed by atoms with E-state index < -0.39 is 0 Å². The van der Waals surface area contributed by atoms with Crippen molar-refractivity contribution in [3.8, 4) is 11.5 Å². The molecule has 0 aromatic heterocycles. The lowest BCUT2D eigenvalue weighted by atomic mass is 9.83. The normalized spacial score (nSPS) is 19.7. The lowest BCUT2D eigenvalue weighted by Crippen LogP contribution is -2.48. The van der Waals surface area contributed by atoms with E-state index in [4.69, 9.17) is 4.74 Å². The summed E-state index contributed by atoms with van der Waals surface area (Å²) in [5, 5.41) is 10.1. The fourth-order valence-electron chi connectivity index (χ4n) is 6.18. The van der Waals surface area contributed by atoms with Gasteiger partial charge in [0.1, 0.15) is 11.5 Å². The molecule has 5 nitrogen and oxygen atoms in total. The van der Waals surface area contributed by atoms with E-state index in [-0.39, 0.29) is 12.5 Å². The summed E-state index contributed by atoms with van der Waals surface area (Å²) >= 11 is 4.32. The predicted octanol–water partition coefficient (Wildman–Crippen LogP) is 6.76. The standard InChI is InChI=1S/C33H38N2O3S2/c36-24-29-22-28(26-12-14-33(15-13-26)39-20-21-40-33)8-11-31(29)38-30-9-6-27(7-10-30)32(37)35-18-16-34(17-19-35)23-25-4-2-1-3-5-25/h1-11,22,26,36H,12-21,23-24H2. The first-order chi connectivity index (χ1) is 19.6. The van der Waals surface area contributed by atoms with Crippen LogP contribution in [0.3, 0.4) is 0 Å². The summed E-state index contributed by atoms with van der Waals surface area (Å²) in [6.07, 6.45) is 4.97. The smallest absolute Gasteiger partial charge is 0.253 e. The van der Waals surface area contributed by atoms with E-state index in [1.54, 1.807) is 0 Å². The number of carbonyl (C=O) groups is 1. The van der Waals surface area contributed by atoms with Gasteiger partial charge in [0, 0.05) is 55.4 Å². The molecule has 1 spiro atoms. The molecular weight excluding hydrogens is 537 g/mol. The monoisotopic (exact) mass is 574 g/mol. The molecule has 7 heteroatoms. The number of rotatable bonds is 7. The Kier molecular flexibility index (Phi) is 8.73. The van der Waals surface area contributed by atoms with Gasteiger partial charge in [-0.05, 0) is 79.1 Å². The summed E-state index contributed by atoms with van der Waals surface area (Å²) in [5.74, 6) is 4.54. The quantitative estimate of drug-likeness (QED) is 0.336. The van der Waals surface area contributed by atoms with Crippen LogP contribution in [0, 0.1) is 0 Å². The zero-order valence-electron chi connectivity index (χ0n) is 23.0. The fraction of sp³-hybridized carbons (Fsp3) is 0.424. The van der Waals surface area contributed by atoms with Crippen LogP contribution in [0.5, 0.6) is 11.5 Å². The lowest BCUT2D eigenvalue weighted by molar-refractivity contribution is 0.0628. The Morgan fingerprint density at radius 3 is 2.27 bits per heavy atom. The number of aliphatic hydroxyl groups excluding tert-OH is 1. The molecule has 2 saturated heterocycles. The van der Waals surface area contributed by atoms with Crippen LogP contribution < -0.4 is 4.74 Å². The number of aliphatic hydroxyl groups is 1. The van der Waals surface area contributed by atoms with Crippen LogP contribution in [0.4, 0.5) is 0 Å². The zero-order chi connectivity index (χ0) is 27.4. The Hall–Kier alpha value is -2.45. The van der Waals surface area contributed by atoms with E-state index in [1.165, 1.54) is 48.3 Å². The van der Waals surface area contributed by atoms with Crippen molar-refractivity contribution in [3.05, 3.63) is 95.1 Å². The Bertz CT molecular complexity index is 1280. The van der Waals surface area contributed by atoms with Crippen LogP contribution in [0.25, 0.3) is 0 Å². The minimum Gasteiger partial charge on any atom is -0.457 e. The molecule has 1 aliphatic carbocycles. The molecule has 2 heterocycles. The van der Waals surface area contributed by atoms with Crippen LogP contribution >= 0.6 is 23.5 Å². The van der Waals surface area contributed by atoms with Crippen LogP contribution in [0.15, 0.2) is 72.8 Å². The fourth-order valence-corrected chi connectivity index (χ4v) is 9.47. The number of nitrogens with zero attached hydrogens (tertiary/aromatic N) is 2. The van der Waals surface area contributed by atoms with Gasteiger partial charge in [0.15, 0.2) is 0 Å². The molecule has 1 N–H and O–H groups in total.